The second-order valence-electron chi connectivity index (χ2n) is 5.43. The van der Waals surface area contributed by atoms with Crippen molar-refractivity contribution in [3.05, 3.63) is 16.8 Å². The largest absolute Gasteiger partial charge is 0.481 e. The monoisotopic (exact) mass is 288 g/mol. The lowest BCUT2D eigenvalue weighted by atomic mass is 9.86. The number of hydrogen-bond donors (Lipinski definition) is 1. The van der Waals surface area contributed by atoms with Crippen molar-refractivity contribution in [2.24, 2.45) is 11.8 Å². The van der Waals surface area contributed by atoms with Crippen LogP contribution >= 0.6 is 0 Å². The van der Waals surface area contributed by atoms with Crippen LogP contribution in [0.15, 0.2) is 0 Å². The van der Waals surface area contributed by atoms with Crippen molar-refractivity contribution in [2.75, 3.05) is 18.0 Å². The first-order chi connectivity index (χ1) is 10.0. The van der Waals surface area contributed by atoms with Gasteiger partial charge in [0.05, 0.1) is 11.6 Å². The molecule has 1 aromatic rings. The van der Waals surface area contributed by atoms with E-state index in [4.69, 9.17) is 5.11 Å². The Morgan fingerprint density at radius 1 is 1.43 bits per heavy atom. The van der Waals surface area contributed by atoms with Crippen LogP contribution in [0.4, 0.5) is 5.82 Å². The highest BCUT2D eigenvalue weighted by molar-refractivity contribution is 5.71. The van der Waals surface area contributed by atoms with Gasteiger partial charge in [0.1, 0.15) is 11.6 Å². The topological polar surface area (TPSA) is 90.1 Å². The minimum Gasteiger partial charge on any atom is -0.481 e. The van der Waals surface area contributed by atoms with Crippen molar-refractivity contribution in [1.82, 2.24) is 10.2 Å². The van der Waals surface area contributed by atoms with E-state index in [-0.39, 0.29) is 11.8 Å². The van der Waals surface area contributed by atoms with E-state index in [1.165, 1.54) is 0 Å². The van der Waals surface area contributed by atoms with Crippen LogP contribution in [0.3, 0.4) is 0 Å². The highest BCUT2D eigenvalue weighted by Gasteiger charge is 2.37. The summed E-state index contributed by atoms with van der Waals surface area (Å²) in [5.74, 6) is -0.450. The van der Waals surface area contributed by atoms with Gasteiger partial charge in [0.25, 0.3) is 0 Å². The fourth-order valence-electron chi connectivity index (χ4n) is 2.70. The van der Waals surface area contributed by atoms with Crippen molar-refractivity contribution in [1.29, 1.82) is 5.26 Å². The van der Waals surface area contributed by atoms with Crippen LogP contribution in [-0.2, 0) is 17.6 Å². The SMILES string of the molecule is CCc1nnc(N2CC(C(C)C(=O)O)C2)c(C#N)c1CC. The number of aliphatic carboxylic acids is 1. The van der Waals surface area contributed by atoms with Gasteiger partial charge in [-0.15, -0.1) is 5.10 Å². The zero-order valence-corrected chi connectivity index (χ0v) is 12.6. The molecule has 21 heavy (non-hydrogen) atoms. The standard InChI is InChI=1S/C15H20N4O2/c1-4-11-12(6-16)14(18-17-13(11)5-2)19-7-10(8-19)9(3)15(20)21/h9-10H,4-5,7-8H2,1-3H3,(H,20,21). The van der Waals surface area contributed by atoms with Gasteiger partial charge in [-0.2, -0.15) is 10.4 Å². The molecule has 0 amide bonds. The number of aromatic nitrogens is 2. The number of rotatable bonds is 5. The molecule has 2 rings (SSSR count). The van der Waals surface area contributed by atoms with Gasteiger partial charge in [0, 0.05) is 19.0 Å². The average molecular weight is 288 g/mol. The van der Waals surface area contributed by atoms with Crippen molar-refractivity contribution in [3.63, 3.8) is 0 Å². The van der Waals surface area contributed by atoms with Crippen LogP contribution in [0.5, 0.6) is 0 Å². The summed E-state index contributed by atoms with van der Waals surface area (Å²) in [6.45, 7) is 6.96. The molecule has 1 aliphatic heterocycles. The van der Waals surface area contributed by atoms with Crippen molar-refractivity contribution in [2.45, 2.75) is 33.6 Å². The van der Waals surface area contributed by atoms with Crippen LogP contribution in [0.1, 0.15) is 37.6 Å². The van der Waals surface area contributed by atoms with Crippen LogP contribution < -0.4 is 4.90 Å². The first kappa shape index (κ1) is 15.2. The lowest BCUT2D eigenvalue weighted by Gasteiger charge is -2.42. The zero-order valence-electron chi connectivity index (χ0n) is 12.6. The Morgan fingerprint density at radius 3 is 2.57 bits per heavy atom. The molecule has 0 aliphatic carbocycles. The van der Waals surface area contributed by atoms with E-state index in [9.17, 15) is 10.1 Å². The van der Waals surface area contributed by atoms with Gasteiger partial charge < -0.3 is 10.0 Å². The summed E-state index contributed by atoms with van der Waals surface area (Å²) in [6, 6.07) is 2.25. The minimum absolute atomic E-state index is 0.103. The van der Waals surface area contributed by atoms with E-state index in [2.05, 4.69) is 16.3 Å². The maximum absolute atomic E-state index is 11.0. The molecular formula is C15H20N4O2. The van der Waals surface area contributed by atoms with Gasteiger partial charge in [0.15, 0.2) is 5.82 Å². The number of nitrogens with zero attached hydrogens (tertiary/aromatic N) is 4. The van der Waals surface area contributed by atoms with Gasteiger partial charge in [-0.3, -0.25) is 4.79 Å². The average Bonchev–Trinajstić information content (AvgIpc) is 2.44. The van der Waals surface area contributed by atoms with E-state index >= 15 is 0 Å². The fourth-order valence-corrected chi connectivity index (χ4v) is 2.70. The minimum atomic E-state index is -0.776. The molecule has 0 aromatic carbocycles. The van der Waals surface area contributed by atoms with E-state index in [1.54, 1.807) is 6.92 Å². The number of carboxylic acid groups (broad SMARTS) is 1. The zero-order chi connectivity index (χ0) is 15.6. The molecule has 1 aliphatic rings. The Bertz CT molecular complexity index is 588. The number of aryl methyl sites for hydroxylation is 1. The maximum atomic E-state index is 11.0. The van der Waals surface area contributed by atoms with Crippen LogP contribution in [0.25, 0.3) is 0 Å². The predicted molar refractivity (Wildman–Crippen MR) is 78.0 cm³/mol. The third-order valence-corrected chi connectivity index (χ3v) is 4.25. The molecule has 1 atom stereocenters. The van der Waals surface area contributed by atoms with Gasteiger partial charge >= 0.3 is 5.97 Å². The van der Waals surface area contributed by atoms with E-state index in [0.29, 0.717) is 24.5 Å². The van der Waals surface area contributed by atoms with Crippen molar-refractivity contribution >= 4 is 11.8 Å². The number of carboxylic acids is 1. The Labute approximate surface area is 124 Å². The Morgan fingerprint density at radius 2 is 2.10 bits per heavy atom. The summed E-state index contributed by atoms with van der Waals surface area (Å²) in [5, 5.41) is 26.9. The van der Waals surface area contributed by atoms with Gasteiger partial charge in [-0.1, -0.05) is 20.8 Å². The predicted octanol–water partition coefficient (Wildman–Crippen LogP) is 1.63. The molecule has 0 spiro atoms. The second kappa shape index (κ2) is 6.08. The number of nitriles is 1. The molecular weight excluding hydrogens is 268 g/mol. The van der Waals surface area contributed by atoms with E-state index in [0.717, 1.165) is 24.1 Å². The first-order valence-electron chi connectivity index (χ1n) is 7.29. The number of hydrogen-bond acceptors (Lipinski definition) is 5. The number of carbonyl (C=O) groups is 1. The summed E-state index contributed by atoms with van der Waals surface area (Å²) in [7, 11) is 0. The molecule has 2 heterocycles. The summed E-state index contributed by atoms with van der Waals surface area (Å²) >= 11 is 0. The molecule has 1 N–H and O–H groups in total. The molecule has 6 heteroatoms. The lowest BCUT2D eigenvalue weighted by Crippen LogP contribution is -2.51. The lowest BCUT2D eigenvalue weighted by molar-refractivity contribution is -0.143. The Kier molecular flexibility index (Phi) is 4.41. The van der Waals surface area contributed by atoms with Gasteiger partial charge in [-0.05, 0) is 18.4 Å². The highest BCUT2D eigenvalue weighted by Crippen LogP contribution is 2.31. The highest BCUT2D eigenvalue weighted by atomic mass is 16.4. The van der Waals surface area contributed by atoms with Crippen LogP contribution in [0, 0.1) is 23.2 Å². The molecule has 1 saturated heterocycles. The van der Waals surface area contributed by atoms with Crippen LogP contribution in [-0.4, -0.2) is 34.4 Å². The van der Waals surface area contributed by atoms with E-state index in [1.807, 2.05) is 18.7 Å². The third kappa shape index (κ3) is 2.68. The smallest absolute Gasteiger partial charge is 0.306 e. The maximum Gasteiger partial charge on any atom is 0.306 e. The van der Waals surface area contributed by atoms with Crippen molar-refractivity contribution in [3.8, 4) is 6.07 Å². The molecule has 1 fully saturated rings. The molecule has 0 bridgehead atoms. The molecule has 6 nitrogen and oxygen atoms in total. The summed E-state index contributed by atoms with van der Waals surface area (Å²) in [4.78, 5) is 12.9. The summed E-state index contributed by atoms with van der Waals surface area (Å²) in [6.07, 6.45) is 1.50. The van der Waals surface area contributed by atoms with Crippen LogP contribution in [0.2, 0.25) is 0 Å². The summed E-state index contributed by atoms with van der Waals surface area (Å²) in [5.41, 5.74) is 2.42. The number of anilines is 1. The van der Waals surface area contributed by atoms with E-state index < -0.39 is 5.97 Å². The third-order valence-electron chi connectivity index (χ3n) is 4.25. The fraction of sp³-hybridized carbons (Fsp3) is 0.600. The molecule has 112 valence electrons. The Hall–Kier alpha value is -2.16. The van der Waals surface area contributed by atoms with Crippen molar-refractivity contribution < 1.29 is 9.90 Å². The molecule has 0 saturated carbocycles. The Balaban J connectivity index is 2.23. The normalized spacial score (nSPS) is 16.2. The first-order valence-corrected chi connectivity index (χ1v) is 7.29. The molecule has 1 aromatic heterocycles. The van der Waals surface area contributed by atoms with Gasteiger partial charge in [-0.25, -0.2) is 0 Å². The quantitative estimate of drug-likeness (QED) is 0.885. The second-order valence-corrected chi connectivity index (χ2v) is 5.43. The van der Waals surface area contributed by atoms with Gasteiger partial charge in [0.2, 0.25) is 0 Å². The summed E-state index contributed by atoms with van der Waals surface area (Å²) < 4.78 is 0. The molecule has 0 radical (unpaired) electrons. The molecule has 1 unspecified atom stereocenters.